The van der Waals surface area contributed by atoms with Gasteiger partial charge in [-0.05, 0) is 50.2 Å². The van der Waals surface area contributed by atoms with Crippen LogP contribution in [0.1, 0.15) is 31.1 Å². The molecule has 0 bridgehead atoms. The van der Waals surface area contributed by atoms with E-state index in [0.29, 0.717) is 46.0 Å². The van der Waals surface area contributed by atoms with E-state index in [1.54, 1.807) is 59.4 Å². The topological polar surface area (TPSA) is 98.1 Å². The second-order valence-corrected chi connectivity index (χ2v) is 8.06. The third kappa shape index (κ3) is 5.29. The van der Waals surface area contributed by atoms with Crippen LogP contribution in [0.4, 0.5) is 10.1 Å². The molecular formula is C26H26FN5O3. The molecule has 8 nitrogen and oxygen atoms in total. The second-order valence-electron chi connectivity index (χ2n) is 8.06. The molecule has 180 valence electrons. The zero-order valence-corrected chi connectivity index (χ0v) is 19.7. The molecule has 9 heteroatoms. The highest BCUT2D eigenvalue weighted by molar-refractivity contribution is 6.08. The fraction of sp³-hybridized carbons (Fsp3) is 0.231. The van der Waals surface area contributed by atoms with Crippen molar-refractivity contribution in [3.05, 3.63) is 72.3 Å². The summed E-state index contributed by atoms with van der Waals surface area (Å²) >= 11 is 0. The molecule has 0 unspecified atom stereocenters. The number of carbonyl (C=O) groups is 2. The number of nitrogens with zero attached hydrogens (tertiary/aromatic N) is 3. The molecule has 0 spiro atoms. The van der Waals surface area contributed by atoms with Crippen molar-refractivity contribution < 1.29 is 18.7 Å². The average Bonchev–Trinajstić information content (AvgIpc) is 3.20. The number of carbonyl (C=O) groups excluding carboxylic acids is 2. The second kappa shape index (κ2) is 10.3. The van der Waals surface area contributed by atoms with Crippen molar-refractivity contribution in [3.63, 3.8) is 0 Å². The predicted molar refractivity (Wildman–Crippen MR) is 132 cm³/mol. The van der Waals surface area contributed by atoms with E-state index in [4.69, 9.17) is 4.74 Å². The Morgan fingerprint density at radius 1 is 1.17 bits per heavy atom. The van der Waals surface area contributed by atoms with Gasteiger partial charge < -0.3 is 19.9 Å². The summed E-state index contributed by atoms with van der Waals surface area (Å²) in [5.41, 5.74) is 2.10. The van der Waals surface area contributed by atoms with Crippen LogP contribution in [0.25, 0.3) is 22.4 Å². The first-order valence-corrected chi connectivity index (χ1v) is 11.3. The number of amides is 2. The first-order chi connectivity index (χ1) is 16.9. The van der Waals surface area contributed by atoms with Crippen molar-refractivity contribution in [2.75, 3.05) is 11.9 Å². The summed E-state index contributed by atoms with van der Waals surface area (Å²) < 4.78 is 22.2. The number of benzene rings is 2. The average molecular weight is 476 g/mol. The molecule has 1 atom stereocenters. The lowest BCUT2D eigenvalue weighted by molar-refractivity contribution is -0.114. The third-order valence-electron chi connectivity index (χ3n) is 5.36. The van der Waals surface area contributed by atoms with Crippen LogP contribution in [0.2, 0.25) is 0 Å². The van der Waals surface area contributed by atoms with E-state index in [1.807, 2.05) is 13.8 Å². The zero-order chi connectivity index (χ0) is 24.9. The van der Waals surface area contributed by atoms with Crippen LogP contribution in [-0.4, -0.2) is 39.0 Å². The molecule has 4 aromatic rings. The maximum Gasteiger partial charge on any atom is 0.253 e. The van der Waals surface area contributed by atoms with Crippen molar-refractivity contribution in [3.8, 4) is 17.1 Å². The number of aryl methyl sites for hydroxylation is 1. The highest BCUT2D eigenvalue weighted by atomic mass is 19.1. The van der Waals surface area contributed by atoms with Gasteiger partial charge in [0, 0.05) is 25.4 Å². The maximum atomic E-state index is 14.6. The van der Waals surface area contributed by atoms with E-state index in [2.05, 4.69) is 20.6 Å². The van der Waals surface area contributed by atoms with E-state index >= 15 is 0 Å². The van der Waals surface area contributed by atoms with Crippen LogP contribution in [0.15, 0.2) is 60.9 Å². The molecule has 2 N–H and O–H groups in total. The van der Waals surface area contributed by atoms with Crippen LogP contribution in [-0.2, 0) is 11.3 Å². The van der Waals surface area contributed by atoms with Crippen molar-refractivity contribution in [1.82, 2.24) is 19.9 Å². The third-order valence-corrected chi connectivity index (χ3v) is 5.36. The normalized spacial score (nSPS) is 11.8. The molecular weight excluding hydrogens is 449 g/mol. The minimum atomic E-state index is -0.410. The van der Waals surface area contributed by atoms with Crippen molar-refractivity contribution in [2.24, 2.45) is 0 Å². The summed E-state index contributed by atoms with van der Waals surface area (Å²) in [6.07, 6.45) is 2.93. The van der Waals surface area contributed by atoms with E-state index in [-0.39, 0.29) is 24.5 Å². The Bertz CT molecular complexity index is 1370. The number of halogens is 1. The summed E-state index contributed by atoms with van der Waals surface area (Å²) in [5, 5.41) is 5.60. The predicted octanol–water partition coefficient (Wildman–Crippen LogP) is 4.41. The standard InChI is InChI=1S/C26H26FN5O3/c1-4-32-24-21(26(34)29-14-16(2)35-19-8-7-11-28-15-19)12-18(30-17(3)33)13-23(24)31-25(32)20-9-5-6-10-22(20)27/h5-13,15-16H,4,14H2,1-3H3,(H,29,34)(H,30,33)/t16-/m0/s1. The molecule has 2 heterocycles. The van der Waals surface area contributed by atoms with E-state index < -0.39 is 5.82 Å². The highest BCUT2D eigenvalue weighted by Crippen LogP contribution is 2.31. The van der Waals surface area contributed by atoms with Crippen molar-refractivity contribution in [2.45, 2.75) is 33.4 Å². The SMILES string of the molecule is CCn1c(-c2ccccc2F)nc2cc(NC(C)=O)cc(C(=O)NC[C@H](C)Oc3cccnc3)c21. The van der Waals surface area contributed by atoms with Gasteiger partial charge in [-0.15, -0.1) is 0 Å². The zero-order valence-electron chi connectivity index (χ0n) is 19.7. The maximum absolute atomic E-state index is 14.6. The molecule has 0 saturated carbocycles. The monoisotopic (exact) mass is 475 g/mol. The van der Waals surface area contributed by atoms with Gasteiger partial charge >= 0.3 is 0 Å². The lowest BCUT2D eigenvalue weighted by Crippen LogP contribution is -2.34. The molecule has 0 aliphatic carbocycles. The number of imidazole rings is 1. The van der Waals surface area contributed by atoms with Gasteiger partial charge in [-0.2, -0.15) is 0 Å². The quantitative estimate of drug-likeness (QED) is 0.393. The molecule has 0 fully saturated rings. The smallest absolute Gasteiger partial charge is 0.253 e. The fourth-order valence-electron chi connectivity index (χ4n) is 3.90. The summed E-state index contributed by atoms with van der Waals surface area (Å²) in [4.78, 5) is 33.7. The number of pyridine rings is 1. The Morgan fingerprint density at radius 2 is 1.97 bits per heavy atom. The summed E-state index contributed by atoms with van der Waals surface area (Å²) in [7, 11) is 0. The first kappa shape index (κ1) is 23.9. The number of nitrogens with one attached hydrogen (secondary N) is 2. The van der Waals surface area contributed by atoms with Crippen molar-refractivity contribution >= 4 is 28.5 Å². The largest absolute Gasteiger partial charge is 0.487 e. The van der Waals surface area contributed by atoms with Gasteiger partial charge in [-0.1, -0.05) is 12.1 Å². The fourth-order valence-corrected chi connectivity index (χ4v) is 3.90. The molecule has 0 radical (unpaired) electrons. The van der Waals surface area contributed by atoms with Gasteiger partial charge in [0.2, 0.25) is 5.91 Å². The first-order valence-electron chi connectivity index (χ1n) is 11.3. The Labute approximate surface area is 202 Å². The van der Waals surface area contributed by atoms with Crippen LogP contribution in [0.5, 0.6) is 5.75 Å². The number of aromatic nitrogens is 3. The number of rotatable bonds is 8. The van der Waals surface area contributed by atoms with Gasteiger partial charge in [0.1, 0.15) is 23.5 Å². The van der Waals surface area contributed by atoms with E-state index in [1.165, 1.54) is 13.0 Å². The summed E-state index contributed by atoms with van der Waals surface area (Å²) in [6, 6.07) is 13.2. The highest BCUT2D eigenvalue weighted by Gasteiger charge is 2.22. The Morgan fingerprint density at radius 3 is 2.66 bits per heavy atom. The molecule has 2 amide bonds. The van der Waals surface area contributed by atoms with Crippen molar-refractivity contribution in [1.29, 1.82) is 0 Å². The van der Waals surface area contributed by atoms with Gasteiger partial charge in [0.15, 0.2) is 0 Å². The number of fused-ring (bicyclic) bond motifs is 1. The van der Waals surface area contributed by atoms with Gasteiger partial charge in [0.05, 0.1) is 34.9 Å². The number of ether oxygens (including phenoxy) is 1. The molecule has 4 rings (SSSR count). The summed E-state index contributed by atoms with van der Waals surface area (Å²) in [5.74, 6) is -0.0465. The molecule has 0 aliphatic heterocycles. The Hall–Kier alpha value is -4.27. The van der Waals surface area contributed by atoms with Crippen LogP contribution >= 0.6 is 0 Å². The number of hydrogen-bond acceptors (Lipinski definition) is 5. The number of hydrogen-bond donors (Lipinski definition) is 2. The molecule has 0 saturated heterocycles. The van der Waals surface area contributed by atoms with Gasteiger partial charge in [-0.3, -0.25) is 14.6 Å². The lowest BCUT2D eigenvalue weighted by atomic mass is 10.1. The van der Waals surface area contributed by atoms with E-state index in [9.17, 15) is 14.0 Å². The van der Waals surface area contributed by atoms with Gasteiger partial charge in [0.25, 0.3) is 5.91 Å². The van der Waals surface area contributed by atoms with Crippen LogP contribution in [0.3, 0.4) is 0 Å². The summed E-state index contributed by atoms with van der Waals surface area (Å²) in [6.45, 7) is 5.82. The number of anilines is 1. The van der Waals surface area contributed by atoms with Crippen LogP contribution in [0, 0.1) is 5.82 Å². The molecule has 2 aromatic carbocycles. The van der Waals surface area contributed by atoms with Crippen LogP contribution < -0.4 is 15.4 Å². The minimum Gasteiger partial charge on any atom is -0.487 e. The van der Waals surface area contributed by atoms with E-state index in [0.717, 1.165) is 0 Å². The van der Waals surface area contributed by atoms with Gasteiger partial charge in [-0.25, -0.2) is 9.37 Å². The Balaban J connectivity index is 1.71. The lowest BCUT2D eigenvalue weighted by Gasteiger charge is -2.16. The molecule has 35 heavy (non-hydrogen) atoms. The molecule has 2 aromatic heterocycles. The minimum absolute atomic E-state index is 0.236. The Kier molecular flexibility index (Phi) is 7.05. The molecule has 0 aliphatic rings.